The molecule has 0 aromatic heterocycles. The summed E-state index contributed by atoms with van der Waals surface area (Å²) < 4.78 is 26.6. The van der Waals surface area contributed by atoms with Crippen LogP contribution in [0.1, 0.15) is 24.9 Å². The monoisotopic (exact) mass is 389 g/mol. The van der Waals surface area contributed by atoms with Crippen LogP contribution in [0.5, 0.6) is 28.7 Å². The number of rotatable bonds is 10. The van der Waals surface area contributed by atoms with Crippen molar-refractivity contribution in [1.29, 1.82) is 0 Å². The molecule has 0 spiro atoms. The van der Waals surface area contributed by atoms with Crippen LogP contribution in [-0.4, -0.2) is 41.0 Å². The van der Waals surface area contributed by atoms with Crippen molar-refractivity contribution in [3.63, 3.8) is 0 Å². The predicted octanol–water partition coefficient (Wildman–Crippen LogP) is 3.37. The van der Waals surface area contributed by atoms with Crippen LogP contribution in [0, 0.1) is 0 Å². The van der Waals surface area contributed by atoms with Gasteiger partial charge in [0.05, 0.1) is 34.5 Å². The van der Waals surface area contributed by atoms with Crippen molar-refractivity contribution in [3.8, 4) is 28.7 Å². The van der Waals surface area contributed by atoms with E-state index in [9.17, 15) is 4.79 Å². The minimum absolute atomic E-state index is 0.125. The van der Waals surface area contributed by atoms with Crippen molar-refractivity contribution >= 4 is 5.91 Å². The molecule has 0 aliphatic carbocycles. The molecule has 0 saturated carbocycles. The molecule has 0 aliphatic heterocycles. The Hall–Kier alpha value is -3.09. The van der Waals surface area contributed by atoms with Crippen LogP contribution in [0.15, 0.2) is 36.4 Å². The zero-order valence-corrected chi connectivity index (χ0v) is 16.9. The zero-order valence-electron chi connectivity index (χ0n) is 16.9. The maximum Gasteiger partial charge on any atom is 0.258 e. The van der Waals surface area contributed by atoms with E-state index in [4.69, 9.17) is 23.7 Å². The fourth-order valence-corrected chi connectivity index (χ4v) is 2.74. The van der Waals surface area contributed by atoms with Gasteiger partial charge in [-0.05, 0) is 24.1 Å². The molecule has 1 N–H and O–H groups in total. The Labute approximate surface area is 165 Å². The van der Waals surface area contributed by atoms with Crippen LogP contribution in [0.4, 0.5) is 0 Å². The number of methoxy groups -OCH3 is 4. The van der Waals surface area contributed by atoms with Crippen LogP contribution < -0.4 is 29.0 Å². The van der Waals surface area contributed by atoms with E-state index in [1.54, 1.807) is 46.6 Å². The van der Waals surface area contributed by atoms with Gasteiger partial charge in [-0.2, -0.15) is 0 Å². The van der Waals surface area contributed by atoms with E-state index >= 15 is 0 Å². The molecular formula is C21H27NO6. The first kappa shape index (κ1) is 21.2. The van der Waals surface area contributed by atoms with Crippen LogP contribution in [0.25, 0.3) is 0 Å². The summed E-state index contributed by atoms with van der Waals surface area (Å²) in [4.78, 5) is 12.4. The Balaban J connectivity index is 2.03. The average Bonchev–Trinajstić information content (AvgIpc) is 2.75. The highest BCUT2D eigenvalue weighted by atomic mass is 16.5. The predicted molar refractivity (Wildman–Crippen MR) is 106 cm³/mol. The van der Waals surface area contributed by atoms with Crippen LogP contribution in [-0.2, 0) is 4.79 Å². The Morgan fingerprint density at radius 1 is 0.857 bits per heavy atom. The van der Waals surface area contributed by atoms with Gasteiger partial charge in [0.15, 0.2) is 18.1 Å². The summed E-state index contributed by atoms with van der Waals surface area (Å²) in [6.45, 7) is 1.87. The van der Waals surface area contributed by atoms with E-state index in [1.807, 2.05) is 25.1 Å². The van der Waals surface area contributed by atoms with Gasteiger partial charge in [-0.15, -0.1) is 0 Å². The minimum atomic E-state index is -0.233. The molecule has 2 rings (SSSR count). The van der Waals surface area contributed by atoms with E-state index in [1.165, 1.54) is 0 Å². The second-order valence-corrected chi connectivity index (χ2v) is 5.98. The van der Waals surface area contributed by atoms with Gasteiger partial charge in [-0.1, -0.05) is 13.0 Å². The fourth-order valence-electron chi connectivity index (χ4n) is 2.74. The van der Waals surface area contributed by atoms with Crippen molar-refractivity contribution in [2.45, 2.75) is 19.4 Å². The minimum Gasteiger partial charge on any atom is -0.496 e. The van der Waals surface area contributed by atoms with Gasteiger partial charge in [0.1, 0.15) is 17.2 Å². The number of hydrogen-bond acceptors (Lipinski definition) is 6. The second kappa shape index (κ2) is 10.3. The third kappa shape index (κ3) is 5.45. The molecule has 0 saturated heterocycles. The van der Waals surface area contributed by atoms with Crippen molar-refractivity contribution in [2.24, 2.45) is 0 Å². The zero-order chi connectivity index (χ0) is 20.5. The normalized spacial score (nSPS) is 11.3. The highest BCUT2D eigenvalue weighted by Crippen LogP contribution is 2.31. The molecule has 152 valence electrons. The molecular weight excluding hydrogens is 362 g/mol. The first-order chi connectivity index (χ1) is 13.5. The van der Waals surface area contributed by atoms with Crippen LogP contribution in [0.3, 0.4) is 0 Å². The molecule has 1 atom stereocenters. The molecule has 0 heterocycles. The summed E-state index contributed by atoms with van der Waals surface area (Å²) in [5.74, 6) is 2.70. The molecule has 2 aromatic carbocycles. The van der Waals surface area contributed by atoms with E-state index in [0.717, 1.165) is 5.56 Å². The molecule has 0 unspecified atom stereocenters. The Bertz CT molecular complexity index is 770. The van der Waals surface area contributed by atoms with Crippen molar-refractivity contribution in [1.82, 2.24) is 5.32 Å². The number of amides is 1. The molecule has 0 radical (unpaired) electrons. The maximum atomic E-state index is 12.4. The third-order valence-corrected chi connectivity index (χ3v) is 4.25. The van der Waals surface area contributed by atoms with Gasteiger partial charge in [0, 0.05) is 18.2 Å². The van der Waals surface area contributed by atoms with Crippen molar-refractivity contribution in [3.05, 3.63) is 42.0 Å². The Morgan fingerprint density at radius 2 is 1.46 bits per heavy atom. The maximum absolute atomic E-state index is 12.4. The summed E-state index contributed by atoms with van der Waals surface area (Å²) in [5.41, 5.74) is 0.927. The molecule has 2 aromatic rings. The lowest BCUT2D eigenvalue weighted by molar-refractivity contribution is -0.123. The number of nitrogens with one attached hydrogen (secondary N) is 1. The fraction of sp³-hybridized carbons (Fsp3) is 0.381. The van der Waals surface area contributed by atoms with Crippen molar-refractivity contribution in [2.75, 3.05) is 35.0 Å². The van der Waals surface area contributed by atoms with E-state index in [2.05, 4.69) is 5.32 Å². The lowest BCUT2D eigenvalue weighted by Gasteiger charge is -2.19. The molecule has 28 heavy (non-hydrogen) atoms. The molecule has 7 nitrogen and oxygen atoms in total. The lowest BCUT2D eigenvalue weighted by atomic mass is 10.0. The molecule has 7 heteroatoms. The molecule has 1 amide bonds. The summed E-state index contributed by atoms with van der Waals surface area (Å²) in [7, 11) is 6.28. The number of carbonyl (C=O) groups excluding carboxylic acids is 1. The number of benzene rings is 2. The number of carbonyl (C=O) groups is 1. The van der Waals surface area contributed by atoms with E-state index < -0.39 is 0 Å². The lowest BCUT2D eigenvalue weighted by Crippen LogP contribution is -2.32. The third-order valence-electron chi connectivity index (χ3n) is 4.25. The average molecular weight is 389 g/mol. The van der Waals surface area contributed by atoms with E-state index in [-0.39, 0.29) is 18.6 Å². The number of ether oxygens (including phenoxy) is 5. The van der Waals surface area contributed by atoms with Gasteiger partial charge >= 0.3 is 0 Å². The smallest absolute Gasteiger partial charge is 0.258 e. The highest BCUT2D eigenvalue weighted by Gasteiger charge is 2.16. The number of hydrogen-bond donors (Lipinski definition) is 1. The van der Waals surface area contributed by atoms with Gasteiger partial charge in [0.25, 0.3) is 5.91 Å². The largest absolute Gasteiger partial charge is 0.496 e. The summed E-state index contributed by atoms with van der Waals surface area (Å²) in [5, 5.41) is 2.98. The quantitative estimate of drug-likeness (QED) is 0.672. The topological polar surface area (TPSA) is 75.3 Å². The first-order valence-corrected chi connectivity index (χ1v) is 8.91. The molecule has 0 aliphatic rings. The van der Waals surface area contributed by atoms with Gasteiger partial charge < -0.3 is 29.0 Å². The second-order valence-electron chi connectivity index (χ2n) is 5.98. The first-order valence-electron chi connectivity index (χ1n) is 8.91. The summed E-state index contributed by atoms with van der Waals surface area (Å²) in [6, 6.07) is 10.5. The Kier molecular flexibility index (Phi) is 7.80. The van der Waals surface area contributed by atoms with Crippen LogP contribution in [0.2, 0.25) is 0 Å². The molecule has 0 fully saturated rings. The van der Waals surface area contributed by atoms with Gasteiger partial charge in [0.2, 0.25) is 0 Å². The van der Waals surface area contributed by atoms with Crippen molar-refractivity contribution < 1.29 is 28.5 Å². The molecule has 0 bridgehead atoms. The highest BCUT2D eigenvalue weighted by molar-refractivity contribution is 5.78. The SMILES string of the molecule is CC[C@@H](NC(=O)COc1cc(OC)cc(OC)c1)c1ccc(OC)c(OC)c1. The standard InChI is InChI=1S/C21H27NO6/c1-6-18(14-7-8-19(26-4)20(9-14)27-5)22-21(23)13-28-17-11-15(24-2)10-16(12-17)25-3/h7-12,18H,6,13H2,1-5H3,(H,22,23)/t18-/m1/s1. The summed E-state index contributed by atoms with van der Waals surface area (Å²) in [6.07, 6.45) is 0.716. The summed E-state index contributed by atoms with van der Waals surface area (Å²) >= 11 is 0. The van der Waals surface area contributed by atoms with E-state index in [0.29, 0.717) is 35.2 Å². The Morgan fingerprint density at radius 3 is 2.00 bits per heavy atom. The van der Waals surface area contributed by atoms with Crippen LogP contribution >= 0.6 is 0 Å². The van der Waals surface area contributed by atoms with Gasteiger partial charge in [-0.25, -0.2) is 0 Å². The van der Waals surface area contributed by atoms with Gasteiger partial charge in [-0.3, -0.25) is 4.79 Å².